The number of rotatable bonds is 0. The van der Waals surface area contributed by atoms with Gasteiger partial charge in [0.25, 0.3) is 0 Å². The van der Waals surface area contributed by atoms with Crippen LogP contribution in [0.2, 0.25) is 0 Å². The molecule has 2 N–H and O–H groups in total. The van der Waals surface area contributed by atoms with Gasteiger partial charge in [-0.15, -0.1) is 0 Å². The molecule has 3 aromatic rings. The first-order chi connectivity index (χ1) is 12.2. The zero-order chi connectivity index (χ0) is 16.8. The zero-order valence-electron chi connectivity index (χ0n) is 13.7. The highest BCUT2D eigenvalue weighted by molar-refractivity contribution is 5.77. The van der Waals surface area contributed by atoms with Crippen LogP contribution in [0.15, 0.2) is 48.5 Å². The third-order valence-electron chi connectivity index (χ3n) is 3.96. The third-order valence-corrected chi connectivity index (χ3v) is 3.96. The molecule has 0 unspecified atom stereocenters. The highest BCUT2D eigenvalue weighted by Gasteiger charge is 2.02. The maximum Gasteiger partial charge on any atom is 0.0659 e. The van der Waals surface area contributed by atoms with Crippen LogP contribution in [0, 0.1) is 0 Å². The molecule has 24 heavy (non-hydrogen) atoms. The first kappa shape index (κ1) is 12.1. The van der Waals surface area contributed by atoms with Crippen LogP contribution in [-0.2, 0) is 0 Å². The summed E-state index contributed by atoms with van der Waals surface area (Å²) >= 11 is 0. The lowest BCUT2D eigenvalue weighted by Crippen LogP contribution is -1.77. The van der Waals surface area contributed by atoms with E-state index in [0.29, 0.717) is 6.04 Å². The van der Waals surface area contributed by atoms with Crippen LogP contribution < -0.4 is 0 Å². The summed E-state index contributed by atoms with van der Waals surface area (Å²) < 4.78 is 8.15. The molecule has 0 amide bonds. The second-order valence-electron chi connectivity index (χ2n) is 5.82. The summed E-state index contributed by atoms with van der Waals surface area (Å²) in [5.74, 6) is 0. The number of nitrogens with zero attached hydrogens (tertiary/aromatic N) is 2. The Labute approximate surface area is 139 Å². The van der Waals surface area contributed by atoms with Gasteiger partial charge in [-0.3, -0.25) is 0 Å². The molecule has 4 heteroatoms. The molecule has 0 aliphatic carbocycles. The van der Waals surface area contributed by atoms with Crippen molar-refractivity contribution in [2.75, 3.05) is 0 Å². The van der Waals surface area contributed by atoms with Gasteiger partial charge in [-0.2, -0.15) is 0 Å². The van der Waals surface area contributed by atoms with Crippen molar-refractivity contribution in [3.63, 3.8) is 0 Å². The fourth-order valence-electron chi connectivity index (χ4n) is 2.87. The van der Waals surface area contributed by atoms with Crippen LogP contribution in [0.4, 0.5) is 0 Å². The van der Waals surface area contributed by atoms with E-state index >= 15 is 0 Å². The maximum atomic E-state index is 8.15. The number of nitrogens with one attached hydrogen (secondary N) is 2. The Morgan fingerprint density at radius 1 is 0.583 bits per heavy atom. The van der Waals surface area contributed by atoms with Crippen molar-refractivity contribution in [1.29, 1.82) is 0 Å². The normalized spacial score (nSPS) is 13.2. The Morgan fingerprint density at radius 2 is 1.08 bits per heavy atom. The molecule has 2 aliphatic heterocycles. The molecule has 0 saturated heterocycles. The maximum absolute atomic E-state index is 8.15. The van der Waals surface area contributed by atoms with Gasteiger partial charge in [0.15, 0.2) is 0 Å². The van der Waals surface area contributed by atoms with Gasteiger partial charge in [0, 0.05) is 22.1 Å². The van der Waals surface area contributed by atoms with Crippen LogP contribution in [0.3, 0.4) is 0 Å². The number of hydrogen-bond donors (Lipinski definition) is 2. The van der Waals surface area contributed by atoms with Crippen LogP contribution >= 0.6 is 0 Å². The lowest BCUT2D eigenvalue weighted by atomic mass is 10.3. The molecule has 5 rings (SSSR count). The summed E-state index contributed by atoms with van der Waals surface area (Å²) in [5.41, 5.74) is 7.04. The summed E-state index contributed by atoms with van der Waals surface area (Å²) in [6.07, 6.45) is 7.88. The van der Waals surface area contributed by atoms with Gasteiger partial charge >= 0.3 is 0 Å². The Balaban J connectivity index is 1.87. The minimum absolute atomic E-state index is 0.448. The number of fused-ring (bicyclic) bond motifs is 8. The Hall–Kier alpha value is -3.40. The minimum atomic E-state index is 0.448. The zero-order valence-corrected chi connectivity index (χ0v) is 12.7. The van der Waals surface area contributed by atoms with Crippen molar-refractivity contribution in [1.82, 2.24) is 19.9 Å². The average molecular weight is 311 g/mol. The second kappa shape index (κ2) is 5.06. The van der Waals surface area contributed by atoms with Gasteiger partial charge in [0.05, 0.1) is 24.1 Å². The van der Waals surface area contributed by atoms with Gasteiger partial charge in [0.1, 0.15) is 0 Å². The van der Waals surface area contributed by atoms with Crippen molar-refractivity contribution in [3.05, 3.63) is 71.3 Å². The van der Waals surface area contributed by atoms with E-state index in [1.807, 2.05) is 66.8 Å². The summed E-state index contributed by atoms with van der Waals surface area (Å²) in [7, 11) is 0. The quantitative estimate of drug-likeness (QED) is 0.437. The van der Waals surface area contributed by atoms with Gasteiger partial charge in [0.2, 0.25) is 0 Å². The number of hydrogen-bond acceptors (Lipinski definition) is 2. The van der Waals surface area contributed by atoms with E-state index in [1.165, 1.54) is 0 Å². The van der Waals surface area contributed by atoms with E-state index in [9.17, 15) is 0 Å². The molecule has 8 bridgehead atoms. The lowest BCUT2D eigenvalue weighted by Gasteiger charge is -1.86. The Bertz CT molecular complexity index is 1210. The van der Waals surface area contributed by atoms with E-state index in [1.54, 1.807) is 0 Å². The lowest BCUT2D eigenvalue weighted by molar-refractivity contribution is 1.28. The van der Waals surface area contributed by atoms with Crippen LogP contribution in [0.5, 0.6) is 0 Å². The predicted octanol–water partition coefficient (Wildman–Crippen LogP) is 4.66. The van der Waals surface area contributed by atoms with Crippen molar-refractivity contribution in [2.45, 2.75) is 0 Å². The Morgan fingerprint density at radius 3 is 1.79 bits per heavy atom. The van der Waals surface area contributed by atoms with Crippen molar-refractivity contribution in [2.24, 2.45) is 0 Å². The highest BCUT2D eigenvalue weighted by atomic mass is 14.8. The number of H-pyrrole nitrogens is 2. The van der Waals surface area contributed by atoms with E-state index in [2.05, 4.69) is 19.9 Å². The first-order valence-electron chi connectivity index (χ1n) is 8.26. The van der Waals surface area contributed by atoms with Gasteiger partial charge in [-0.1, -0.05) is 0 Å². The smallest absolute Gasteiger partial charge is 0.0659 e. The summed E-state index contributed by atoms with van der Waals surface area (Å²) in [4.78, 5) is 15.8. The molecule has 0 saturated carbocycles. The van der Waals surface area contributed by atoms with Crippen LogP contribution in [0.1, 0.15) is 24.1 Å². The molecule has 0 atom stereocenters. The fraction of sp³-hybridized carbons (Fsp3) is 0. The molecule has 4 nitrogen and oxygen atoms in total. The molecule has 0 aromatic carbocycles. The summed E-state index contributed by atoms with van der Waals surface area (Å²) in [5, 5.41) is 0. The predicted molar refractivity (Wildman–Crippen MR) is 98.9 cm³/mol. The van der Waals surface area contributed by atoms with Gasteiger partial charge in [-0.25, -0.2) is 9.97 Å². The molecule has 5 heterocycles. The molecule has 3 aromatic heterocycles. The van der Waals surface area contributed by atoms with Crippen molar-refractivity contribution < 1.29 is 1.37 Å². The second-order valence-corrected chi connectivity index (χ2v) is 5.82. The largest absolute Gasteiger partial charge is 0.355 e. The molecule has 2 aliphatic rings. The van der Waals surface area contributed by atoms with Crippen LogP contribution in [-0.4, -0.2) is 19.9 Å². The van der Waals surface area contributed by atoms with Crippen molar-refractivity contribution >= 4 is 46.4 Å². The summed E-state index contributed by atoms with van der Waals surface area (Å²) in [6.45, 7) is 0. The molecule has 0 spiro atoms. The average Bonchev–Trinajstić information content (AvgIpc) is 3.33. The molecular formula is C20H14N4. The first-order valence-corrected chi connectivity index (χ1v) is 7.76. The standard InChI is InChI=1S/C20H14N4/c1-2-14-10-16-5-6-18(23-16)12-20-8-7-19(24-20)11-17-4-3-15(22-17)9-13(1)21-14/h1-12,21-22H/i2D. The Kier molecular flexibility index (Phi) is 2.55. The monoisotopic (exact) mass is 311 g/mol. The van der Waals surface area contributed by atoms with Crippen molar-refractivity contribution in [3.8, 4) is 0 Å². The molecular weight excluding hydrogens is 296 g/mol. The fourth-order valence-corrected chi connectivity index (χ4v) is 2.87. The van der Waals surface area contributed by atoms with E-state index in [4.69, 9.17) is 1.37 Å². The molecule has 0 radical (unpaired) electrons. The SMILES string of the molecule is [2H]c1cc2cc3ccc(cc4nc(cc5nc(cc1[nH]2)C=C5)C=C4)[nH]3. The van der Waals surface area contributed by atoms with E-state index < -0.39 is 0 Å². The minimum Gasteiger partial charge on any atom is -0.355 e. The van der Waals surface area contributed by atoms with E-state index in [0.717, 1.165) is 44.8 Å². The highest BCUT2D eigenvalue weighted by Crippen LogP contribution is 2.17. The topological polar surface area (TPSA) is 57.4 Å². The van der Waals surface area contributed by atoms with Gasteiger partial charge in [-0.05, 0) is 72.8 Å². The summed E-state index contributed by atoms with van der Waals surface area (Å²) in [6, 6.07) is 14.1. The van der Waals surface area contributed by atoms with Crippen LogP contribution in [0.25, 0.3) is 46.4 Å². The molecule has 0 fully saturated rings. The number of aromatic amines is 2. The molecule has 114 valence electrons. The third kappa shape index (κ3) is 2.44. The van der Waals surface area contributed by atoms with Gasteiger partial charge < -0.3 is 9.97 Å². The van der Waals surface area contributed by atoms with E-state index in [-0.39, 0.29) is 0 Å². The number of aromatic nitrogens is 4.